The average molecular weight is 397 g/mol. The van der Waals surface area contributed by atoms with E-state index in [0.29, 0.717) is 11.4 Å². The van der Waals surface area contributed by atoms with E-state index in [1.54, 1.807) is 42.9 Å². The van der Waals surface area contributed by atoms with Gasteiger partial charge < -0.3 is 10.2 Å². The number of benzene rings is 2. The minimum absolute atomic E-state index is 0.171. The van der Waals surface area contributed by atoms with Gasteiger partial charge >= 0.3 is 0 Å². The SMILES string of the molecule is Oc1ccccc1CCc1ccccn1.Oc1ccccc1N=Cc1ccccn1. The van der Waals surface area contributed by atoms with Crippen LogP contribution in [0.2, 0.25) is 0 Å². The molecule has 2 N–H and O–H groups in total. The fraction of sp³-hybridized carbons (Fsp3) is 0.0800. The Bertz CT molecular complexity index is 1070. The molecule has 5 heteroatoms. The minimum Gasteiger partial charge on any atom is -0.508 e. The molecule has 30 heavy (non-hydrogen) atoms. The highest BCUT2D eigenvalue weighted by Crippen LogP contribution is 2.24. The zero-order chi connectivity index (χ0) is 21.0. The van der Waals surface area contributed by atoms with E-state index in [9.17, 15) is 10.2 Å². The fourth-order valence-corrected chi connectivity index (χ4v) is 2.69. The summed E-state index contributed by atoms with van der Waals surface area (Å²) >= 11 is 0. The van der Waals surface area contributed by atoms with Crippen molar-refractivity contribution in [3.8, 4) is 11.5 Å². The number of para-hydroxylation sites is 3. The van der Waals surface area contributed by atoms with Gasteiger partial charge in [-0.05, 0) is 60.9 Å². The normalized spacial score (nSPS) is 10.4. The standard InChI is InChI=1S/C13H13NO.C12H10N2O/c15-13-7-2-1-5-11(13)8-9-12-6-3-4-10-14-12;15-12-7-2-1-6-11(12)14-9-10-5-3-4-8-13-10/h1-7,10,15H,8-9H2;1-9,15H. The Labute approximate surface area is 176 Å². The Hall–Kier alpha value is -3.99. The van der Waals surface area contributed by atoms with Crippen LogP contribution in [0.15, 0.2) is 102 Å². The number of hydrogen-bond donors (Lipinski definition) is 2. The first-order valence-corrected chi connectivity index (χ1v) is 9.62. The molecule has 0 fully saturated rings. The lowest BCUT2D eigenvalue weighted by Crippen LogP contribution is -1.93. The summed E-state index contributed by atoms with van der Waals surface area (Å²) < 4.78 is 0. The summed E-state index contributed by atoms with van der Waals surface area (Å²) in [7, 11) is 0. The zero-order valence-corrected chi connectivity index (χ0v) is 16.5. The summed E-state index contributed by atoms with van der Waals surface area (Å²) in [5.74, 6) is 0.540. The molecule has 0 saturated heterocycles. The molecule has 0 spiro atoms. The van der Waals surface area contributed by atoms with Crippen molar-refractivity contribution in [2.75, 3.05) is 0 Å². The Morgan fingerprint density at radius 3 is 2.00 bits per heavy atom. The van der Waals surface area contributed by atoms with Gasteiger partial charge in [-0.1, -0.05) is 42.5 Å². The van der Waals surface area contributed by atoms with E-state index < -0.39 is 0 Å². The van der Waals surface area contributed by atoms with Crippen LogP contribution in [0.5, 0.6) is 11.5 Å². The quantitative estimate of drug-likeness (QED) is 0.459. The summed E-state index contributed by atoms with van der Waals surface area (Å²) in [6.07, 6.45) is 6.80. The van der Waals surface area contributed by atoms with E-state index in [2.05, 4.69) is 15.0 Å². The highest BCUT2D eigenvalue weighted by atomic mass is 16.3. The number of rotatable bonds is 5. The predicted octanol–water partition coefficient (Wildman–Crippen LogP) is 5.11. The monoisotopic (exact) mass is 397 g/mol. The first-order chi connectivity index (χ1) is 14.7. The maximum Gasteiger partial charge on any atom is 0.141 e. The number of nitrogens with zero attached hydrogens (tertiary/aromatic N) is 3. The minimum atomic E-state index is 0.171. The first-order valence-electron chi connectivity index (χ1n) is 9.62. The lowest BCUT2D eigenvalue weighted by atomic mass is 10.1. The number of aromatic nitrogens is 2. The number of aryl methyl sites for hydroxylation is 2. The Kier molecular flexibility index (Phi) is 7.69. The van der Waals surface area contributed by atoms with E-state index in [1.807, 2.05) is 60.7 Å². The highest BCUT2D eigenvalue weighted by Gasteiger charge is 2.00. The topological polar surface area (TPSA) is 78.6 Å². The number of aromatic hydroxyl groups is 2. The number of phenolic OH excluding ortho intramolecular Hbond substituents is 2. The molecular formula is C25H23N3O2. The Morgan fingerprint density at radius 2 is 1.33 bits per heavy atom. The first kappa shape index (κ1) is 20.7. The van der Waals surface area contributed by atoms with E-state index >= 15 is 0 Å². The van der Waals surface area contributed by atoms with Crippen molar-refractivity contribution in [2.24, 2.45) is 4.99 Å². The zero-order valence-electron chi connectivity index (χ0n) is 16.5. The maximum absolute atomic E-state index is 9.57. The molecule has 0 aliphatic heterocycles. The molecule has 0 bridgehead atoms. The lowest BCUT2D eigenvalue weighted by Gasteiger charge is -2.03. The van der Waals surface area contributed by atoms with Crippen LogP contribution < -0.4 is 0 Å². The summed E-state index contributed by atoms with van der Waals surface area (Å²) in [6.45, 7) is 0. The van der Waals surface area contributed by atoms with Gasteiger partial charge in [0.05, 0.1) is 11.9 Å². The summed E-state index contributed by atoms with van der Waals surface area (Å²) in [5, 5.41) is 19.0. The second-order valence-electron chi connectivity index (χ2n) is 6.45. The van der Waals surface area contributed by atoms with Gasteiger partial charge in [0.2, 0.25) is 0 Å². The molecule has 0 atom stereocenters. The van der Waals surface area contributed by atoms with Crippen LogP contribution in [-0.2, 0) is 12.8 Å². The van der Waals surface area contributed by atoms with E-state index in [0.717, 1.165) is 29.8 Å². The van der Waals surface area contributed by atoms with Gasteiger partial charge in [0, 0.05) is 18.1 Å². The number of aliphatic imine (C=N–C) groups is 1. The molecule has 0 aliphatic carbocycles. The van der Waals surface area contributed by atoms with Crippen molar-refractivity contribution in [3.05, 3.63) is 114 Å². The lowest BCUT2D eigenvalue weighted by molar-refractivity contribution is 0.468. The number of phenols is 2. The third-order valence-corrected chi connectivity index (χ3v) is 4.27. The molecule has 2 aromatic heterocycles. The van der Waals surface area contributed by atoms with Gasteiger partial charge in [0.15, 0.2) is 0 Å². The van der Waals surface area contributed by atoms with Crippen molar-refractivity contribution in [3.63, 3.8) is 0 Å². The molecule has 5 nitrogen and oxygen atoms in total. The summed E-state index contributed by atoms with van der Waals surface area (Å²) in [4.78, 5) is 12.5. The van der Waals surface area contributed by atoms with Gasteiger partial charge in [-0.2, -0.15) is 0 Å². The van der Waals surface area contributed by atoms with Crippen LogP contribution in [0.25, 0.3) is 0 Å². The second-order valence-corrected chi connectivity index (χ2v) is 6.45. The van der Waals surface area contributed by atoms with Gasteiger partial charge in [0.1, 0.15) is 17.2 Å². The van der Waals surface area contributed by atoms with E-state index in [4.69, 9.17) is 0 Å². The molecule has 0 radical (unpaired) electrons. The number of pyridine rings is 2. The van der Waals surface area contributed by atoms with Crippen LogP contribution in [0.1, 0.15) is 17.0 Å². The van der Waals surface area contributed by atoms with Crippen molar-refractivity contribution < 1.29 is 10.2 Å². The molecule has 2 heterocycles. The van der Waals surface area contributed by atoms with E-state index in [-0.39, 0.29) is 5.75 Å². The summed E-state index contributed by atoms with van der Waals surface area (Å²) in [5.41, 5.74) is 3.34. The van der Waals surface area contributed by atoms with Crippen molar-refractivity contribution >= 4 is 11.9 Å². The van der Waals surface area contributed by atoms with Gasteiger partial charge in [-0.25, -0.2) is 0 Å². The fourth-order valence-electron chi connectivity index (χ4n) is 2.69. The predicted molar refractivity (Wildman–Crippen MR) is 119 cm³/mol. The van der Waals surface area contributed by atoms with Crippen LogP contribution in [0.3, 0.4) is 0 Å². The summed E-state index contributed by atoms with van der Waals surface area (Å²) in [6, 6.07) is 25.8. The van der Waals surface area contributed by atoms with Crippen LogP contribution in [0.4, 0.5) is 5.69 Å². The maximum atomic E-state index is 9.57. The van der Waals surface area contributed by atoms with Crippen LogP contribution in [-0.4, -0.2) is 26.4 Å². The average Bonchev–Trinajstić information content (AvgIpc) is 2.80. The molecular weight excluding hydrogens is 374 g/mol. The van der Waals surface area contributed by atoms with Crippen molar-refractivity contribution in [2.45, 2.75) is 12.8 Å². The Morgan fingerprint density at radius 1 is 0.667 bits per heavy atom. The van der Waals surface area contributed by atoms with Gasteiger partial charge in [-0.3, -0.25) is 15.0 Å². The van der Waals surface area contributed by atoms with Crippen LogP contribution in [0, 0.1) is 0 Å². The van der Waals surface area contributed by atoms with Gasteiger partial charge in [-0.15, -0.1) is 0 Å². The molecule has 0 aliphatic rings. The van der Waals surface area contributed by atoms with Crippen LogP contribution >= 0.6 is 0 Å². The second kappa shape index (κ2) is 11.1. The third kappa shape index (κ3) is 6.56. The molecule has 4 rings (SSSR count). The molecule has 150 valence electrons. The molecule has 2 aromatic carbocycles. The molecule has 0 unspecified atom stereocenters. The molecule has 0 saturated carbocycles. The largest absolute Gasteiger partial charge is 0.508 e. The number of hydrogen-bond acceptors (Lipinski definition) is 5. The molecule has 0 amide bonds. The van der Waals surface area contributed by atoms with Gasteiger partial charge in [0.25, 0.3) is 0 Å². The molecule has 4 aromatic rings. The van der Waals surface area contributed by atoms with Crippen molar-refractivity contribution in [1.29, 1.82) is 0 Å². The Balaban J connectivity index is 0.000000171. The third-order valence-electron chi connectivity index (χ3n) is 4.27. The van der Waals surface area contributed by atoms with Crippen molar-refractivity contribution in [1.82, 2.24) is 9.97 Å². The highest BCUT2D eigenvalue weighted by molar-refractivity contribution is 5.80. The smallest absolute Gasteiger partial charge is 0.141 e. The van der Waals surface area contributed by atoms with E-state index in [1.165, 1.54) is 0 Å².